The quantitative estimate of drug-likeness (QED) is 0.124. The van der Waals surface area contributed by atoms with Gasteiger partial charge in [-0.05, 0) is 69.2 Å². The van der Waals surface area contributed by atoms with Crippen molar-refractivity contribution in [3.63, 3.8) is 0 Å². The zero-order valence-corrected chi connectivity index (χ0v) is 44.7. The SMILES string of the molecule is CCCCC(CC)C(=O)[O][Pb][O]C(=O)C(CC)CCCC.CCO.CCO.CCO.CCO.CCO.CCO.CCO.CCO.CCO.CCO.[Nb].[Nb]. The molecule has 0 aliphatic heterocycles. The van der Waals surface area contributed by atoms with Crippen LogP contribution in [-0.4, -0.2) is 154 Å². The monoisotopic (exact) mass is 1140 g/mol. The molecule has 53 heavy (non-hydrogen) atoms. The minimum absolute atomic E-state index is 0. The van der Waals surface area contributed by atoms with Crippen LogP contribution in [0.4, 0.5) is 0 Å². The Hall–Kier alpha value is 0.943. The van der Waals surface area contributed by atoms with Crippen LogP contribution in [0.2, 0.25) is 0 Å². The average molecular weight is 1140 g/mol. The van der Waals surface area contributed by atoms with Crippen molar-refractivity contribution in [3.8, 4) is 0 Å². The predicted octanol–water partition coefficient (Wildman–Crippen LogP) is 4.02. The fourth-order valence-electron chi connectivity index (χ4n) is 2.15. The zero-order chi connectivity index (χ0) is 43.2. The van der Waals surface area contributed by atoms with E-state index in [1.165, 1.54) is 0 Å². The molecule has 0 heterocycles. The molecule has 0 bridgehead atoms. The number of carbonyl (C=O) groups excluding carboxylic acids is 2. The molecule has 0 amide bonds. The van der Waals surface area contributed by atoms with Gasteiger partial charge in [0.15, 0.2) is 0 Å². The zero-order valence-electron chi connectivity index (χ0n) is 36.4. The fourth-order valence-corrected chi connectivity index (χ4v) is 4.24. The Morgan fingerprint density at radius 3 is 0.660 bits per heavy atom. The number of aliphatic hydroxyl groups excluding tert-OH is 10. The van der Waals surface area contributed by atoms with Crippen molar-refractivity contribution < 1.29 is 111 Å². The van der Waals surface area contributed by atoms with Gasteiger partial charge in [-0.2, -0.15) is 0 Å². The molecular weight excluding hydrogens is 1050 g/mol. The van der Waals surface area contributed by atoms with E-state index >= 15 is 0 Å². The van der Waals surface area contributed by atoms with Crippen LogP contribution in [0.15, 0.2) is 0 Å². The van der Waals surface area contributed by atoms with Gasteiger partial charge in [0.2, 0.25) is 0 Å². The second kappa shape index (κ2) is 124. The summed E-state index contributed by atoms with van der Waals surface area (Å²) >= 11 is -2.05. The maximum atomic E-state index is 11.9. The van der Waals surface area contributed by atoms with Gasteiger partial charge in [-0.3, -0.25) is 0 Å². The standard InChI is InChI=1S/2C8H16O2.10C2H6O.2Nb.Pb/c2*1-3-5-6-7(4-2)8(9)10;10*1-2-3;;;/h2*7H,3-6H2,1-2H3,(H,9,10);10*3H,2H2,1H3;;;/q;;;;;;;;;;;;;;+2/p-2. The fraction of sp³-hybridized carbons (Fsp3) is 0.944. The summed E-state index contributed by atoms with van der Waals surface area (Å²) in [7, 11) is 0. The third-order valence-electron chi connectivity index (χ3n) is 3.75. The van der Waals surface area contributed by atoms with Gasteiger partial charge in [0.1, 0.15) is 0 Å². The molecule has 0 aromatic carbocycles. The van der Waals surface area contributed by atoms with Crippen molar-refractivity contribution in [1.82, 2.24) is 0 Å². The summed E-state index contributed by atoms with van der Waals surface area (Å²) in [5, 5.41) is 75.7. The van der Waals surface area contributed by atoms with E-state index in [9.17, 15) is 9.59 Å². The Balaban J connectivity index is -0.0000000373. The number of unbranched alkanes of at least 4 members (excludes halogenated alkanes) is 2. The van der Waals surface area contributed by atoms with E-state index in [1.54, 1.807) is 69.2 Å². The van der Waals surface area contributed by atoms with Crippen molar-refractivity contribution in [2.45, 2.75) is 148 Å². The molecule has 0 spiro atoms. The van der Waals surface area contributed by atoms with Crippen LogP contribution in [0.1, 0.15) is 148 Å². The third-order valence-corrected chi connectivity index (χ3v) is 5.96. The smallest absolute Gasteiger partial charge is 0.0402 e. The molecule has 2 atom stereocenters. The molecule has 0 aromatic rings. The van der Waals surface area contributed by atoms with E-state index < -0.39 is 25.1 Å². The van der Waals surface area contributed by atoms with E-state index in [0.29, 0.717) is 0 Å². The van der Waals surface area contributed by atoms with E-state index in [2.05, 4.69) is 13.8 Å². The molecular formula is C36H90Nb2O14Pb. The van der Waals surface area contributed by atoms with Crippen LogP contribution in [0.5, 0.6) is 0 Å². The summed E-state index contributed by atoms with van der Waals surface area (Å²) < 4.78 is 10.5. The molecule has 2 unspecified atom stereocenters. The van der Waals surface area contributed by atoms with E-state index in [0.717, 1.165) is 51.4 Å². The second-order valence-corrected chi connectivity index (χ2v) is 10.8. The van der Waals surface area contributed by atoms with Crippen LogP contribution in [0, 0.1) is 11.8 Å². The van der Waals surface area contributed by atoms with Crippen molar-refractivity contribution in [2.24, 2.45) is 11.8 Å². The Labute approximate surface area is 371 Å². The number of rotatable bonds is 12. The van der Waals surface area contributed by atoms with Crippen molar-refractivity contribution in [2.75, 3.05) is 66.1 Å². The summed E-state index contributed by atoms with van der Waals surface area (Å²) in [5.41, 5.74) is 0. The van der Waals surface area contributed by atoms with Crippen molar-refractivity contribution in [1.29, 1.82) is 0 Å². The first-order valence-corrected chi connectivity index (χ1v) is 21.7. The largest absolute Gasteiger partial charge is 0.397 e. The van der Waals surface area contributed by atoms with Gasteiger partial charge < -0.3 is 51.1 Å². The Morgan fingerprint density at radius 1 is 0.396 bits per heavy atom. The van der Waals surface area contributed by atoms with Gasteiger partial charge in [0.05, 0.1) is 0 Å². The van der Waals surface area contributed by atoms with Gasteiger partial charge in [0, 0.05) is 111 Å². The molecule has 0 aromatic heterocycles. The molecule has 0 saturated carbocycles. The summed E-state index contributed by atoms with van der Waals surface area (Å²) in [6.45, 7) is 27.5. The van der Waals surface area contributed by atoms with Gasteiger partial charge >= 0.3 is 143 Å². The summed E-state index contributed by atoms with van der Waals surface area (Å²) in [6.07, 6.45) is 7.57. The molecule has 0 saturated heterocycles. The van der Waals surface area contributed by atoms with Gasteiger partial charge in [-0.15, -0.1) is 0 Å². The molecule has 0 aliphatic rings. The maximum Gasteiger partial charge on any atom is 0.0402 e. The Kier molecular flexibility index (Phi) is 211. The predicted molar refractivity (Wildman–Crippen MR) is 212 cm³/mol. The average Bonchev–Trinajstić information content (AvgIpc) is 3.06. The molecule has 14 nitrogen and oxygen atoms in total. The van der Waals surface area contributed by atoms with E-state index in [-0.39, 0.29) is 135 Å². The first-order chi connectivity index (χ1) is 24.2. The summed E-state index contributed by atoms with van der Waals surface area (Å²) in [4.78, 5) is 23.8. The van der Waals surface area contributed by atoms with Crippen LogP contribution in [0.3, 0.4) is 0 Å². The number of aliphatic hydroxyl groups is 10. The summed E-state index contributed by atoms with van der Waals surface area (Å²) in [5.74, 6) is -0.385. The van der Waals surface area contributed by atoms with Crippen LogP contribution in [-0.2, 0) is 59.7 Å². The normalized spacial score (nSPS) is 8.75. The number of hydrogen-bond donors (Lipinski definition) is 10. The van der Waals surface area contributed by atoms with Crippen molar-refractivity contribution >= 4 is 37.1 Å². The molecule has 0 fully saturated rings. The molecule has 17 heteroatoms. The van der Waals surface area contributed by atoms with Crippen molar-refractivity contribution in [3.05, 3.63) is 0 Å². The second-order valence-electron chi connectivity index (χ2n) is 8.58. The van der Waals surface area contributed by atoms with E-state index in [4.69, 9.17) is 56.4 Å². The van der Waals surface area contributed by atoms with Crippen LogP contribution < -0.4 is 0 Å². The Bertz CT molecular complexity index is 405. The van der Waals surface area contributed by atoms with Gasteiger partial charge in [0.25, 0.3) is 0 Å². The first-order valence-electron chi connectivity index (χ1n) is 18.5. The number of hydrogen-bond acceptors (Lipinski definition) is 14. The molecule has 0 rings (SSSR count). The minimum atomic E-state index is -2.05. The molecule has 0 aliphatic carbocycles. The first kappa shape index (κ1) is 90.2. The topological polar surface area (TPSA) is 255 Å². The third kappa shape index (κ3) is 189. The molecule has 4 radical (unpaired) electrons. The minimum Gasteiger partial charge on any atom is -0.397 e. The molecule has 10 N–H and O–H groups in total. The maximum absolute atomic E-state index is 11.9. The van der Waals surface area contributed by atoms with Gasteiger partial charge in [-0.25, -0.2) is 0 Å². The number of carbonyl (C=O) groups is 2. The van der Waals surface area contributed by atoms with Crippen LogP contribution in [0.25, 0.3) is 0 Å². The van der Waals surface area contributed by atoms with Gasteiger partial charge in [-0.1, -0.05) is 0 Å². The molecule has 332 valence electrons. The summed E-state index contributed by atoms with van der Waals surface area (Å²) in [6, 6.07) is 0. The van der Waals surface area contributed by atoms with Crippen LogP contribution >= 0.6 is 0 Å². The Morgan fingerprint density at radius 2 is 0.547 bits per heavy atom. The van der Waals surface area contributed by atoms with E-state index in [1.807, 2.05) is 13.8 Å².